The Morgan fingerprint density at radius 1 is 1.15 bits per heavy atom. The number of aryl methyl sites for hydroxylation is 1. The maximum absolute atomic E-state index is 12.2. The summed E-state index contributed by atoms with van der Waals surface area (Å²) < 4.78 is 10.4. The molecule has 8 nitrogen and oxygen atoms in total. The van der Waals surface area contributed by atoms with Crippen LogP contribution >= 0.6 is 11.6 Å². The summed E-state index contributed by atoms with van der Waals surface area (Å²) in [6.45, 7) is 1.60. The molecule has 0 heterocycles. The molecule has 26 heavy (non-hydrogen) atoms. The van der Waals surface area contributed by atoms with Crippen LogP contribution in [-0.4, -0.2) is 31.6 Å². The van der Waals surface area contributed by atoms with E-state index in [9.17, 15) is 14.9 Å². The largest absolute Gasteiger partial charge is 0.495 e. The Bertz CT molecular complexity index is 841. The van der Waals surface area contributed by atoms with Gasteiger partial charge in [0.15, 0.2) is 0 Å². The van der Waals surface area contributed by atoms with Crippen molar-refractivity contribution < 1.29 is 19.2 Å². The molecule has 0 aliphatic carbocycles. The lowest BCUT2D eigenvalue weighted by Crippen LogP contribution is -2.22. The number of hydrogen-bond acceptors (Lipinski definition) is 6. The highest BCUT2D eigenvalue weighted by Gasteiger charge is 2.16. The fourth-order valence-electron chi connectivity index (χ4n) is 2.27. The number of anilines is 2. The number of amides is 1. The van der Waals surface area contributed by atoms with Gasteiger partial charge in [-0.05, 0) is 18.6 Å². The first-order valence-corrected chi connectivity index (χ1v) is 7.93. The number of carbonyl (C=O) groups is 1. The van der Waals surface area contributed by atoms with Gasteiger partial charge in [0.2, 0.25) is 5.91 Å². The maximum atomic E-state index is 12.2. The first-order valence-electron chi connectivity index (χ1n) is 7.56. The predicted octanol–water partition coefficient (Wildman–Crippen LogP) is 3.62. The average Bonchev–Trinajstić information content (AvgIpc) is 2.61. The summed E-state index contributed by atoms with van der Waals surface area (Å²) in [5.74, 6) is 0.405. The van der Waals surface area contributed by atoms with E-state index in [2.05, 4.69) is 10.6 Å². The van der Waals surface area contributed by atoms with Crippen LogP contribution in [0.15, 0.2) is 30.3 Å². The lowest BCUT2D eigenvalue weighted by atomic mass is 10.2. The normalized spacial score (nSPS) is 10.2. The molecule has 0 spiro atoms. The number of carbonyl (C=O) groups excluding carboxylic acids is 1. The van der Waals surface area contributed by atoms with Gasteiger partial charge >= 0.3 is 0 Å². The number of ether oxygens (including phenoxy) is 2. The molecule has 1 amide bonds. The number of nitro groups is 1. The number of rotatable bonds is 7. The van der Waals surface area contributed by atoms with Crippen LogP contribution in [0.4, 0.5) is 17.1 Å². The van der Waals surface area contributed by atoms with Crippen LogP contribution in [0.2, 0.25) is 5.02 Å². The van der Waals surface area contributed by atoms with E-state index in [-0.39, 0.29) is 17.9 Å². The molecule has 0 fully saturated rings. The molecule has 0 aliphatic rings. The molecule has 2 N–H and O–H groups in total. The highest BCUT2D eigenvalue weighted by atomic mass is 35.5. The highest BCUT2D eigenvalue weighted by molar-refractivity contribution is 6.32. The third-order valence-corrected chi connectivity index (χ3v) is 3.83. The van der Waals surface area contributed by atoms with E-state index in [1.165, 1.54) is 26.4 Å². The molecule has 0 unspecified atom stereocenters. The van der Waals surface area contributed by atoms with Gasteiger partial charge in [-0.25, -0.2) is 0 Å². The summed E-state index contributed by atoms with van der Waals surface area (Å²) in [6.07, 6.45) is 0. The van der Waals surface area contributed by atoms with Gasteiger partial charge in [0, 0.05) is 18.2 Å². The highest BCUT2D eigenvalue weighted by Crippen LogP contribution is 2.35. The lowest BCUT2D eigenvalue weighted by molar-refractivity contribution is -0.384. The van der Waals surface area contributed by atoms with E-state index < -0.39 is 10.8 Å². The Kier molecular flexibility index (Phi) is 6.24. The topological polar surface area (TPSA) is 103 Å². The molecule has 2 aromatic rings. The van der Waals surface area contributed by atoms with Crippen LogP contribution in [0.25, 0.3) is 0 Å². The van der Waals surface area contributed by atoms with Crippen LogP contribution in [0, 0.1) is 17.0 Å². The van der Waals surface area contributed by atoms with Crippen LogP contribution in [0.5, 0.6) is 11.5 Å². The van der Waals surface area contributed by atoms with Crippen LogP contribution in [-0.2, 0) is 4.79 Å². The molecule has 0 saturated heterocycles. The minimum atomic E-state index is -0.539. The molecule has 9 heteroatoms. The molecule has 0 aliphatic heterocycles. The molecule has 0 saturated carbocycles. The van der Waals surface area contributed by atoms with Crippen LogP contribution in [0.1, 0.15) is 5.56 Å². The Morgan fingerprint density at radius 3 is 2.46 bits per heavy atom. The van der Waals surface area contributed by atoms with Gasteiger partial charge < -0.3 is 20.1 Å². The van der Waals surface area contributed by atoms with Crippen molar-refractivity contribution in [2.75, 3.05) is 31.4 Å². The third-order valence-electron chi connectivity index (χ3n) is 3.54. The fraction of sp³-hybridized carbons (Fsp3) is 0.235. The van der Waals surface area contributed by atoms with Crippen molar-refractivity contribution in [3.8, 4) is 11.5 Å². The van der Waals surface area contributed by atoms with Gasteiger partial charge in [-0.2, -0.15) is 0 Å². The SMILES string of the molecule is COc1cc(NCC(=O)Nc2ccc(C)cc2[N+](=O)[O-])c(OC)cc1Cl. The van der Waals surface area contributed by atoms with E-state index in [0.29, 0.717) is 22.2 Å². The monoisotopic (exact) mass is 379 g/mol. The van der Waals surface area contributed by atoms with E-state index in [1.54, 1.807) is 25.1 Å². The van der Waals surface area contributed by atoms with Gasteiger partial charge in [-0.1, -0.05) is 17.7 Å². The first kappa shape index (κ1) is 19.3. The number of nitrogens with zero attached hydrogens (tertiary/aromatic N) is 1. The van der Waals surface area contributed by atoms with Crippen molar-refractivity contribution in [1.29, 1.82) is 0 Å². The Labute approximate surface area is 155 Å². The van der Waals surface area contributed by atoms with Gasteiger partial charge in [0.25, 0.3) is 5.69 Å². The Balaban J connectivity index is 2.12. The van der Waals surface area contributed by atoms with Crippen molar-refractivity contribution in [1.82, 2.24) is 0 Å². The summed E-state index contributed by atoms with van der Waals surface area (Å²) >= 11 is 6.03. The molecule has 138 valence electrons. The smallest absolute Gasteiger partial charge is 0.293 e. The van der Waals surface area contributed by atoms with Crippen molar-refractivity contribution in [2.24, 2.45) is 0 Å². The molecule has 0 bridgehead atoms. The van der Waals surface area contributed by atoms with Crippen LogP contribution in [0.3, 0.4) is 0 Å². The minimum absolute atomic E-state index is 0.132. The summed E-state index contributed by atoms with van der Waals surface area (Å²) in [6, 6.07) is 7.74. The summed E-state index contributed by atoms with van der Waals surface area (Å²) in [4.78, 5) is 22.8. The zero-order chi connectivity index (χ0) is 19.3. The van der Waals surface area contributed by atoms with Crippen molar-refractivity contribution in [3.63, 3.8) is 0 Å². The molecule has 2 aromatic carbocycles. The van der Waals surface area contributed by atoms with E-state index >= 15 is 0 Å². The summed E-state index contributed by atoms with van der Waals surface area (Å²) in [7, 11) is 2.94. The van der Waals surface area contributed by atoms with Crippen molar-refractivity contribution >= 4 is 34.6 Å². The van der Waals surface area contributed by atoms with E-state index in [1.807, 2.05) is 0 Å². The molecular formula is C17H18ClN3O5. The fourth-order valence-corrected chi connectivity index (χ4v) is 2.50. The van der Waals surface area contributed by atoms with Crippen molar-refractivity contribution in [3.05, 3.63) is 51.0 Å². The summed E-state index contributed by atoms with van der Waals surface area (Å²) in [5.41, 5.74) is 1.20. The number of hydrogen-bond donors (Lipinski definition) is 2. The maximum Gasteiger partial charge on any atom is 0.293 e. The molecule has 0 radical (unpaired) electrons. The number of benzene rings is 2. The Hall–Kier alpha value is -3.00. The van der Waals surface area contributed by atoms with E-state index in [4.69, 9.17) is 21.1 Å². The molecule has 2 rings (SSSR count). The van der Waals surface area contributed by atoms with Gasteiger partial charge in [0.05, 0.1) is 36.4 Å². The zero-order valence-electron chi connectivity index (χ0n) is 14.5. The Morgan fingerprint density at radius 2 is 1.85 bits per heavy atom. The third kappa shape index (κ3) is 4.54. The van der Waals surface area contributed by atoms with Gasteiger partial charge in [0.1, 0.15) is 17.2 Å². The van der Waals surface area contributed by atoms with Gasteiger partial charge in [-0.3, -0.25) is 14.9 Å². The lowest BCUT2D eigenvalue weighted by Gasteiger charge is -2.14. The zero-order valence-corrected chi connectivity index (χ0v) is 15.2. The molecule has 0 aromatic heterocycles. The minimum Gasteiger partial charge on any atom is -0.495 e. The number of nitrogens with one attached hydrogen (secondary N) is 2. The van der Waals surface area contributed by atoms with Crippen LogP contribution < -0.4 is 20.1 Å². The second-order valence-corrected chi connectivity index (χ2v) is 5.77. The van der Waals surface area contributed by atoms with E-state index in [0.717, 1.165) is 5.56 Å². The second-order valence-electron chi connectivity index (χ2n) is 5.37. The average molecular weight is 380 g/mol. The summed E-state index contributed by atoms with van der Waals surface area (Å²) in [5, 5.41) is 16.9. The van der Waals surface area contributed by atoms with Crippen molar-refractivity contribution in [2.45, 2.75) is 6.92 Å². The standard InChI is InChI=1S/C17H18ClN3O5/c1-10-4-5-12(14(6-10)21(23)24)20-17(22)9-19-13-8-15(25-2)11(18)7-16(13)26-3/h4-8,19H,9H2,1-3H3,(H,20,22). The number of methoxy groups -OCH3 is 2. The molecular weight excluding hydrogens is 362 g/mol. The predicted molar refractivity (Wildman–Crippen MR) is 99.5 cm³/mol. The van der Waals surface area contributed by atoms with Gasteiger partial charge in [-0.15, -0.1) is 0 Å². The molecule has 0 atom stereocenters. The quantitative estimate of drug-likeness (QED) is 0.562. The second kappa shape index (κ2) is 8.39. The number of halogens is 1. The first-order chi connectivity index (χ1) is 12.3. The number of nitro benzene ring substituents is 1.